The lowest BCUT2D eigenvalue weighted by molar-refractivity contribution is -0.146. The fraction of sp³-hybridized carbons (Fsp3) is 0.500. The number of nitrogens with zero attached hydrogens (tertiary/aromatic N) is 1. The van der Waals surface area contributed by atoms with Gasteiger partial charge < -0.3 is 14.2 Å². The van der Waals surface area contributed by atoms with Crippen LogP contribution >= 0.6 is 0 Å². The molecule has 0 N–H and O–H groups in total. The van der Waals surface area contributed by atoms with Crippen LogP contribution in [0, 0.1) is 11.3 Å². The number of ether oxygens (including phenoxy) is 3. The summed E-state index contributed by atoms with van der Waals surface area (Å²) in [5.74, 6) is -0.665. The van der Waals surface area contributed by atoms with Crippen LogP contribution in [0.2, 0.25) is 0 Å². The first-order valence-electron chi connectivity index (χ1n) is 3.79. The van der Waals surface area contributed by atoms with Crippen molar-refractivity contribution in [3.63, 3.8) is 0 Å². The van der Waals surface area contributed by atoms with Crippen molar-refractivity contribution < 1.29 is 19.0 Å². The summed E-state index contributed by atoms with van der Waals surface area (Å²) in [6.07, 6.45) is 0.412. The second-order valence-corrected chi connectivity index (χ2v) is 2.38. The van der Waals surface area contributed by atoms with Crippen LogP contribution in [-0.2, 0) is 19.0 Å². The van der Waals surface area contributed by atoms with E-state index >= 15 is 0 Å². The van der Waals surface area contributed by atoms with Crippen LogP contribution in [0.4, 0.5) is 0 Å². The SMILES string of the molecule is CC(C#N)OC(=O)C1=COCCO1. The van der Waals surface area contributed by atoms with E-state index in [4.69, 9.17) is 14.7 Å². The first-order valence-corrected chi connectivity index (χ1v) is 3.79. The number of rotatable bonds is 2. The molecule has 1 aliphatic rings. The summed E-state index contributed by atoms with van der Waals surface area (Å²) in [6.45, 7) is 2.22. The number of carbonyl (C=O) groups excluding carboxylic acids is 1. The maximum Gasteiger partial charge on any atom is 0.378 e. The Labute approximate surface area is 75.5 Å². The van der Waals surface area contributed by atoms with Crippen molar-refractivity contribution in [3.05, 3.63) is 12.0 Å². The number of hydrogen-bond acceptors (Lipinski definition) is 5. The first-order chi connectivity index (χ1) is 6.24. The van der Waals surface area contributed by atoms with Gasteiger partial charge in [0.05, 0.1) is 0 Å². The molecule has 0 fully saturated rings. The van der Waals surface area contributed by atoms with Gasteiger partial charge in [-0.3, -0.25) is 0 Å². The molecule has 70 valence electrons. The van der Waals surface area contributed by atoms with Gasteiger partial charge in [0.1, 0.15) is 25.5 Å². The van der Waals surface area contributed by atoms with E-state index < -0.39 is 12.1 Å². The zero-order valence-electron chi connectivity index (χ0n) is 7.15. The second-order valence-electron chi connectivity index (χ2n) is 2.38. The van der Waals surface area contributed by atoms with Crippen molar-refractivity contribution in [2.45, 2.75) is 13.0 Å². The molecule has 0 saturated carbocycles. The van der Waals surface area contributed by atoms with Gasteiger partial charge in [-0.2, -0.15) is 5.26 Å². The van der Waals surface area contributed by atoms with Crippen LogP contribution in [0.25, 0.3) is 0 Å². The smallest absolute Gasteiger partial charge is 0.378 e. The molecule has 1 atom stereocenters. The Morgan fingerprint density at radius 1 is 1.77 bits per heavy atom. The Bertz CT molecular complexity index is 266. The van der Waals surface area contributed by atoms with E-state index in [2.05, 4.69) is 4.74 Å². The minimum atomic E-state index is -0.779. The normalized spacial score (nSPS) is 17.1. The zero-order valence-corrected chi connectivity index (χ0v) is 7.15. The second kappa shape index (κ2) is 4.36. The molecule has 0 aromatic rings. The topological polar surface area (TPSA) is 68.5 Å². The quantitative estimate of drug-likeness (QED) is 0.577. The lowest BCUT2D eigenvalue weighted by Gasteiger charge is -2.14. The van der Waals surface area contributed by atoms with Gasteiger partial charge >= 0.3 is 5.97 Å². The molecule has 0 spiro atoms. The third-order valence-corrected chi connectivity index (χ3v) is 1.32. The fourth-order valence-corrected chi connectivity index (χ4v) is 0.720. The molecule has 1 rings (SSSR count). The standard InChI is InChI=1S/C8H9NO4/c1-6(4-9)13-8(10)7-5-11-2-3-12-7/h5-6H,2-3H2,1H3. The highest BCUT2D eigenvalue weighted by Crippen LogP contribution is 2.07. The van der Waals surface area contributed by atoms with Gasteiger partial charge in [-0.1, -0.05) is 0 Å². The minimum Gasteiger partial charge on any atom is -0.493 e. The molecule has 0 aromatic carbocycles. The van der Waals surface area contributed by atoms with Crippen LogP contribution in [0.15, 0.2) is 12.0 Å². The number of hydrogen-bond donors (Lipinski definition) is 0. The van der Waals surface area contributed by atoms with Gasteiger partial charge in [0.25, 0.3) is 0 Å². The van der Waals surface area contributed by atoms with E-state index in [0.29, 0.717) is 13.2 Å². The van der Waals surface area contributed by atoms with Crippen LogP contribution < -0.4 is 0 Å². The number of esters is 1. The van der Waals surface area contributed by atoms with Gasteiger partial charge in [-0.05, 0) is 6.92 Å². The van der Waals surface area contributed by atoms with Gasteiger partial charge in [0.2, 0.25) is 5.76 Å². The third-order valence-electron chi connectivity index (χ3n) is 1.32. The number of carbonyl (C=O) groups is 1. The van der Waals surface area contributed by atoms with E-state index in [1.54, 1.807) is 6.07 Å². The van der Waals surface area contributed by atoms with Crippen molar-refractivity contribution >= 4 is 5.97 Å². The Morgan fingerprint density at radius 2 is 2.54 bits per heavy atom. The van der Waals surface area contributed by atoms with Crippen LogP contribution in [0.3, 0.4) is 0 Å². The van der Waals surface area contributed by atoms with Gasteiger partial charge in [-0.15, -0.1) is 0 Å². The Hall–Kier alpha value is -1.70. The summed E-state index contributed by atoms with van der Waals surface area (Å²) in [4.78, 5) is 11.1. The molecule has 0 saturated heterocycles. The molecule has 0 aliphatic carbocycles. The van der Waals surface area contributed by atoms with E-state index in [1.807, 2.05) is 0 Å². The molecule has 1 heterocycles. The van der Waals surface area contributed by atoms with Gasteiger partial charge in [-0.25, -0.2) is 4.79 Å². The highest BCUT2D eigenvalue weighted by atomic mass is 16.6. The van der Waals surface area contributed by atoms with E-state index in [1.165, 1.54) is 13.2 Å². The predicted octanol–water partition coefficient (Wildman–Crippen LogP) is 0.330. The molecular formula is C8H9NO4. The fourth-order valence-electron chi connectivity index (χ4n) is 0.720. The van der Waals surface area contributed by atoms with Crippen molar-refractivity contribution in [1.29, 1.82) is 5.26 Å². The van der Waals surface area contributed by atoms with Crippen LogP contribution in [0.1, 0.15) is 6.92 Å². The summed E-state index contributed by atoms with van der Waals surface area (Å²) in [7, 11) is 0. The highest BCUT2D eigenvalue weighted by Gasteiger charge is 2.18. The molecule has 13 heavy (non-hydrogen) atoms. The van der Waals surface area contributed by atoms with E-state index in [0.717, 1.165) is 0 Å². The van der Waals surface area contributed by atoms with Crippen molar-refractivity contribution in [3.8, 4) is 6.07 Å². The lowest BCUT2D eigenvalue weighted by atomic mass is 10.4. The van der Waals surface area contributed by atoms with Crippen LogP contribution in [0.5, 0.6) is 0 Å². The molecule has 1 aliphatic heterocycles. The minimum absolute atomic E-state index is 0.00773. The molecule has 0 bridgehead atoms. The summed E-state index contributed by atoms with van der Waals surface area (Å²) in [5.41, 5.74) is 0. The van der Waals surface area contributed by atoms with E-state index in [9.17, 15) is 4.79 Å². The van der Waals surface area contributed by atoms with Gasteiger partial charge in [0.15, 0.2) is 6.10 Å². The van der Waals surface area contributed by atoms with Crippen molar-refractivity contribution in [2.24, 2.45) is 0 Å². The van der Waals surface area contributed by atoms with Gasteiger partial charge in [0, 0.05) is 0 Å². The average Bonchev–Trinajstić information content (AvgIpc) is 2.19. The van der Waals surface area contributed by atoms with Crippen LogP contribution in [-0.4, -0.2) is 25.3 Å². The molecule has 0 radical (unpaired) electrons. The van der Waals surface area contributed by atoms with E-state index in [-0.39, 0.29) is 5.76 Å². The summed E-state index contributed by atoms with van der Waals surface area (Å²) >= 11 is 0. The zero-order chi connectivity index (χ0) is 9.68. The van der Waals surface area contributed by atoms with Crippen molar-refractivity contribution in [2.75, 3.05) is 13.2 Å². The molecule has 5 nitrogen and oxygen atoms in total. The Kier molecular flexibility index (Phi) is 3.15. The maximum absolute atomic E-state index is 11.1. The summed E-state index contributed by atoms with van der Waals surface area (Å²) in [5, 5.41) is 8.36. The third kappa shape index (κ3) is 2.67. The maximum atomic E-state index is 11.1. The Balaban J connectivity index is 2.48. The number of nitriles is 1. The summed E-state index contributed by atoms with van der Waals surface area (Å²) < 4.78 is 14.5. The first kappa shape index (κ1) is 9.39. The molecular weight excluding hydrogens is 174 g/mol. The molecule has 1 unspecified atom stereocenters. The molecule has 0 amide bonds. The summed E-state index contributed by atoms with van der Waals surface area (Å²) in [6, 6.07) is 1.77. The predicted molar refractivity (Wildman–Crippen MR) is 41.2 cm³/mol. The van der Waals surface area contributed by atoms with Crippen molar-refractivity contribution in [1.82, 2.24) is 0 Å². The molecule has 5 heteroatoms. The largest absolute Gasteiger partial charge is 0.493 e. The highest BCUT2D eigenvalue weighted by molar-refractivity contribution is 5.86. The molecule has 0 aromatic heterocycles. The average molecular weight is 183 g/mol. The lowest BCUT2D eigenvalue weighted by Crippen LogP contribution is -2.20. The Morgan fingerprint density at radius 3 is 3.08 bits per heavy atom. The monoisotopic (exact) mass is 183 g/mol.